The zero-order valence-electron chi connectivity index (χ0n) is 45.8. The summed E-state index contributed by atoms with van der Waals surface area (Å²) in [5, 5.41) is 9.65. The fourth-order valence-corrected chi connectivity index (χ4v) is 8.72. The van der Waals surface area contributed by atoms with Crippen molar-refractivity contribution in [3.05, 3.63) is 12.2 Å². The molecular weight excluding hydrogens is 851 g/mol. The smallest absolute Gasteiger partial charge is 0.361 e. The number of carboxylic acid groups (broad SMARTS) is 1. The van der Waals surface area contributed by atoms with Crippen LogP contribution in [0.1, 0.15) is 290 Å². The molecule has 0 spiro atoms. The predicted molar refractivity (Wildman–Crippen MR) is 286 cm³/mol. The van der Waals surface area contributed by atoms with Crippen LogP contribution in [0.2, 0.25) is 0 Å². The molecule has 0 aliphatic carbocycles. The Morgan fingerprint density at radius 1 is 0.426 bits per heavy atom. The lowest BCUT2D eigenvalue weighted by Gasteiger charge is -2.25. The minimum Gasteiger partial charge on any atom is -0.477 e. The minimum absolute atomic E-state index is 0.180. The number of unbranched alkanes of at least 4 members (excludes halogenated alkanes) is 38. The first kappa shape index (κ1) is 66.0. The summed E-state index contributed by atoms with van der Waals surface area (Å²) in [5.41, 5.74) is 0. The molecule has 0 aliphatic rings. The third-order valence-electron chi connectivity index (χ3n) is 13.3. The molecule has 0 aromatic heterocycles. The van der Waals surface area contributed by atoms with E-state index in [4.69, 9.17) is 18.9 Å². The first-order valence-corrected chi connectivity index (χ1v) is 29.4. The number of carbonyl (C=O) groups excluding carboxylic acids is 2. The van der Waals surface area contributed by atoms with Gasteiger partial charge in [-0.3, -0.25) is 9.59 Å². The number of carboxylic acids is 1. The van der Waals surface area contributed by atoms with Gasteiger partial charge >= 0.3 is 17.9 Å². The zero-order valence-corrected chi connectivity index (χ0v) is 45.8. The molecule has 0 saturated carbocycles. The summed E-state index contributed by atoms with van der Waals surface area (Å²) in [4.78, 5) is 37.2. The number of aliphatic carboxylic acids is 1. The van der Waals surface area contributed by atoms with Crippen molar-refractivity contribution in [2.24, 2.45) is 0 Å². The van der Waals surface area contributed by atoms with Crippen LogP contribution < -0.4 is 0 Å². The van der Waals surface area contributed by atoms with Gasteiger partial charge in [-0.1, -0.05) is 257 Å². The molecule has 0 amide bonds. The summed E-state index contributed by atoms with van der Waals surface area (Å²) in [6, 6.07) is 0. The minimum atomic E-state index is -1.51. The molecule has 68 heavy (non-hydrogen) atoms. The number of hydrogen-bond acceptors (Lipinski definition) is 7. The average molecular weight is 966 g/mol. The van der Waals surface area contributed by atoms with Crippen LogP contribution in [0.5, 0.6) is 0 Å². The van der Waals surface area contributed by atoms with Gasteiger partial charge in [-0.05, 0) is 32.1 Å². The van der Waals surface area contributed by atoms with E-state index < -0.39 is 24.3 Å². The van der Waals surface area contributed by atoms with Gasteiger partial charge < -0.3 is 28.5 Å². The van der Waals surface area contributed by atoms with Gasteiger partial charge in [0.25, 0.3) is 6.29 Å². The maximum atomic E-state index is 12.7. The van der Waals surface area contributed by atoms with Crippen LogP contribution >= 0.6 is 0 Å². The van der Waals surface area contributed by atoms with Crippen molar-refractivity contribution in [3.8, 4) is 0 Å². The van der Waals surface area contributed by atoms with Crippen molar-refractivity contribution in [1.29, 1.82) is 0 Å². The van der Waals surface area contributed by atoms with Crippen molar-refractivity contribution in [2.45, 2.75) is 302 Å². The van der Waals surface area contributed by atoms with E-state index >= 15 is 0 Å². The number of hydrogen-bond donors (Lipinski definition) is 1. The first-order chi connectivity index (χ1) is 33.1. The lowest BCUT2D eigenvalue weighted by atomic mass is 10.0. The van der Waals surface area contributed by atoms with E-state index in [0.717, 1.165) is 57.8 Å². The summed E-state index contributed by atoms with van der Waals surface area (Å²) >= 11 is 0. The molecule has 0 heterocycles. The molecule has 9 heteroatoms. The Labute approximate surface area is 421 Å². The van der Waals surface area contributed by atoms with Crippen LogP contribution in [0, 0.1) is 0 Å². The number of likely N-dealkylation sites (N-methyl/N-ethyl adjacent to an activating group) is 1. The molecule has 0 radical (unpaired) electrons. The van der Waals surface area contributed by atoms with Crippen molar-refractivity contribution in [1.82, 2.24) is 0 Å². The number of rotatable bonds is 55. The molecule has 0 bridgehead atoms. The second-order valence-electron chi connectivity index (χ2n) is 21.3. The monoisotopic (exact) mass is 965 g/mol. The molecular formula is C59H114NO8+. The number of carbonyl (C=O) groups is 3. The van der Waals surface area contributed by atoms with E-state index in [1.807, 2.05) is 21.1 Å². The van der Waals surface area contributed by atoms with Crippen molar-refractivity contribution in [2.75, 3.05) is 47.5 Å². The third kappa shape index (κ3) is 51.9. The molecule has 2 atom stereocenters. The molecule has 9 nitrogen and oxygen atoms in total. The average Bonchev–Trinajstić information content (AvgIpc) is 3.30. The van der Waals surface area contributed by atoms with Crippen LogP contribution in [0.4, 0.5) is 0 Å². The highest BCUT2D eigenvalue weighted by atomic mass is 16.7. The number of ether oxygens (including phenoxy) is 4. The summed E-state index contributed by atoms with van der Waals surface area (Å²) < 4.78 is 22.8. The van der Waals surface area contributed by atoms with Gasteiger partial charge in [0.05, 0.1) is 34.4 Å². The van der Waals surface area contributed by atoms with Crippen LogP contribution in [0.15, 0.2) is 12.2 Å². The predicted octanol–water partition coefficient (Wildman–Crippen LogP) is 17.0. The van der Waals surface area contributed by atoms with Gasteiger partial charge in [0.15, 0.2) is 6.10 Å². The largest absolute Gasteiger partial charge is 0.477 e. The standard InChI is InChI=1S/C59H113NO8/c1-6-8-10-12-14-16-18-19-20-21-22-23-24-25-26-27-28-29-30-31-32-33-34-35-36-37-38-39-40-42-43-45-47-49-56(61)66-53-55(54-67-59(58(63)64)65-52-51-60(3,4)5)68-57(62)50-48-46-44-41-17-15-13-11-9-7-2/h11,13,55,59H,6-10,12,14-54H2,1-5H3/p+1/b13-11-. The molecule has 0 aliphatic heterocycles. The fourth-order valence-electron chi connectivity index (χ4n) is 8.72. The van der Waals surface area contributed by atoms with E-state index in [1.54, 1.807) is 0 Å². The molecule has 1 N–H and O–H groups in total. The van der Waals surface area contributed by atoms with Crippen LogP contribution in [0.3, 0.4) is 0 Å². The highest BCUT2D eigenvalue weighted by Crippen LogP contribution is 2.18. The Bertz CT molecular complexity index is 1120. The Morgan fingerprint density at radius 3 is 1.15 bits per heavy atom. The summed E-state index contributed by atoms with van der Waals surface area (Å²) in [6.45, 7) is 4.84. The Kier molecular flexibility index (Phi) is 49.9. The van der Waals surface area contributed by atoms with E-state index in [-0.39, 0.29) is 32.2 Å². The highest BCUT2D eigenvalue weighted by molar-refractivity contribution is 5.71. The molecule has 2 unspecified atom stereocenters. The number of nitrogens with zero attached hydrogens (tertiary/aromatic N) is 1. The van der Waals surface area contributed by atoms with Crippen molar-refractivity contribution in [3.63, 3.8) is 0 Å². The highest BCUT2D eigenvalue weighted by Gasteiger charge is 2.25. The lowest BCUT2D eigenvalue weighted by molar-refractivity contribution is -0.870. The quantitative estimate of drug-likeness (QED) is 0.0211. The summed E-state index contributed by atoms with van der Waals surface area (Å²) in [5.74, 6) is -2.00. The van der Waals surface area contributed by atoms with Gasteiger partial charge in [0.2, 0.25) is 0 Å². The lowest BCUT2D eigenvalue weighted by Crippen LogP contribution is -2.40. The number of quaternary nitrogens is 1. The van der Waals surface area contributed by atoms with E-state index in [1.165, 1.54) is 199 Å². The number of esters is 2. The molecule has 0 saturated heterocycles. The van der Waals surface area contributed by atoms with Gasteiger partial charge in [-0.25, -0.2) is 4.79 Å². The van der Waals surface area contributed by atoms with E-state index in [9.17, 15) is 19.5 Å². The molecule has 0 fully saturated rings. The molecule has 0 aromatic rings. The van der Waals surface area contributed by atoms with Gasteiger partial charge in [0, 0.05) is 12.8 Å². The summed E-state index contributed by atoms with van der Waals surface area (Å²) in [7, 11) is 5.96. The Hall–Kier alpha value is -1.97. The first-order valence-electron chi connectivity index (χ1n) is 29.4. The van der Waals surface area contributed by atoms with Crippen molar-refractivity contribution < 1.29 is 42.9 Å². The second kappa shape index (κ2) is 51.4. The van der Waals surface area contributed by atoms with E-state index in [2.05, 4.69) is 26.0 Å². The van der Waals surface area contributed by atoms with Gasteiger partial charge in [-0.15, -0.1) is 0 Å². The second-order valence-corrected chi connectivity index (χ2v) is 21.3. The fraction of sp³-hybridized carbons (Fsp3) is 0.915. The van der Waals surface area contributed by atoms with Crippen molar-refractivity contribution >= 4 is 17.9 Å². The van der Waals surface area contributed by atoms with Crippen LogP contribution in [-0.4, -0.2) is 87.4 Å². The van der Waals surface area contributed by atoms with Crippen LogP contribution in [0.25, 0.3) is 0 Å². The third-order valence-corrected chi connectivity index (χ3v) is 13.3. The zero-order chi connectivity index (χ0) is 49.9. The molecule has 0 aromatic carbocycles. The van der Waals surface area contributed by atoms with Crippen LogP contribution in [-0.2, 0) is 33.3 Å². The SMILES string of the molecule is CCC/C=C\CCCCCCCC(=O)OC(COC(=O)CCCCCCCCCCCCCCCCCCCCCCCCCCCCCCCCCCC)COC(OCC[N+](C)(C)C)C(=O)O. The Balaban J connectivity index is 3.92. The maximum Gasteiger partial charge on any atom is 0.361 e. The molecule has 402 valence electrons. The van der Waals surface area contributed by atoms with E-state index in [0.29, 0.717) is 23.9 Å². The topological polar surface area (TPSA) is 108 Å². The van der Waals surface area contributed by atoms with Gasteiger partial charge in [-0.2, -0.15) is 0 Å². The normalized spacial score (nSPS) is 12.8. The van der Waals surface area contributed by atoms with Gasteiger partial charge in [0.1, 0.15) is 13.2 Å². The summed E-state index contributed by atoms with van der Waals surface area (Å²) in [6.07, 6.45) is 56.2. The maximum absolute atomic E-state index is 12.7. The Morgan fingerprint density at radius 2 is 0.779 bits per heavy atom. The molecule has 0 rings (SSSR count). The number of allylic oxidation sites excluding steroid dienone is 2.